The summed E-state index contributed by atoms with van der Waals surface area (Å²) in [5.41, 5.74) is 1.32. The van der Waals surface area contributed by atoms with Gasteiger partial charge in [0, 0.05) is 6.04 Å². The van der Waals surface area contributed by atoms with Crippen LogP contribution in [0.2, 0.25) is 0 Å². The molecular weight excluding hydrogens is 246 g/mol. The summed E-state index contributed by atoms with van der Waals surface area (Å²) in [6, 6.07) is 18.7. The van der Waals surface area contributed by atoms with Gasteiger partial charge in [0.1, 0.15) is 11.5 Å². The van der Waals surface area contributed by atoms with Gasteiger partial charge in [-0.2, -0.15) is 0 Å². The Hall–Kier alpha value is -1.80. The van der Waals surface area contributed by atoms with Crippen LogP contribution < -0.4 is 10.1 Å². The van der Waals surface area contributed by atoms with E-state index in [0.29, 0.717) is 6.04 Å². The summed E-state index contributed by atoms with van der Waals surface area (Å²) >= 11 is 0. The first kappa shape index (κ1) is 14.6. The summed E-state index contributed by atoms with van der Waals surface area (Å²) in [6.45, 7) is 5.46. The van der Waals surface area contributed by atoms with Crippen molar-refractivity contribution in [2.75, 3.05) is 6.54 Å². The molecule has 0 heterocycles. The van der Waals surface area contributed by atoms with Gasteiger partial charge < -0.3 is 10.1 Å². The molecule has 20 heavy (non-hydrogen) atoms. The van der Waals surface area contributed by atoms with E-state index in [0.717, 1.165) is 30.9 Å². The van der Waals surface area contributed by atoms with Gasteiger partial charge in [0.2, 0.25) is 0 Å². The highest BCUT2D eigenvalue weighted by atomic mass is 16.5. The van der Waals surface area contributed by atoms with Crippen LogP contribution in [0.3, 0.4) is 0 Å². The van der Waals surface area contributed by atoms with Gasteiger partial charge in [0.05, 0.1) is 0 Å². The Balaban J connectivity index is 2.02. The van der Waals surface area contributed by atoms with Gasteiger partial charge in [-0.25, -0.2) is 0 Å². The van der Waals surface area contributed by atoms with E-state index < -0.39 is 0 Å². The Labute approximate surface area is 121 Å². The van der Waals surface area contributed by atoms with E-state index in [4.69, 9.17) is 4.74 Å². The molecule has 0 aromatic heterocycles. The number of para-hydroxylation sites is 1. The standard InChI is InChI=1S/C18H23NO/c1-3-14-19-18(4-2)15-10-12-17(13-11-15)20-16-8-6-5-7-9-16/h5-13,18-19H,3-4,14H2,1-2H3. The van der Waals surface area contributed by atoms with Gasteiger partial charge in [0.15, 0.2) is 0 Å². The second kappa shape index (κ2) is 7.71. The van der Waals surface area contributed by atoms with Crippen LogP contribution in [0.1, 0.15) is 38.3 Å². The third-order valence-corrected chi connectivity index (χ3v) is 3.31. The smallest absolute Gasteiger partial charge is 0.127 e. The Morgan fingerprint density at radius 3 is 2.15 bits per heavy atom. The predicted octanol–water partition coefficient (Wildman–Crippen LogP) is 4.93. The highest BCUT2D eigenvalue weighted by molar-refractivity contribution is 5.33. The summed E-state index contributed by atoms with van der Waals surface area (Å²) in [6.07, 6.45) is 2.25. The van der Waals surface area contributed by atoms with Crippen LogP contribution in [0.4, 0.5) is 0 Å². The molecule has 0 aliphatic heterocycles. The van der Waals surface area contributed by atoms with Gasteiger partial charge in [0.25, 0.3) is 0 Å². The monoisotopic (exact) mass is 269 g/mol. The quantitative estimate of drug-likeness (QED) is 0.769. The molecule has 1 atom stereocenters. The molecule has 0 aliphatic rings. The average molecular weight is 269 g/mol. The topological polar surface area (TPSA) is 21.3 Å². The van der Waals surface area contributed by atoms with Gasteiger partial charge in [-0.15, -0.1) is 0 Å². The molecule has 106 valence electrons. The third-order valence-electron chi connectivity index (χ3n) is 3.31. The minimum Gasteiger partial charge on any atom is -0.457 e. The Kier molecular flexibility index (Phi) is 5.63. The first-order valence-electron chi connectivity index (χ1n) is 7.39. The summed E-state index contributed by atoms with van der Waals surface area (Å²) in [5.74, 6) is 1.75. The fraction of sp³-hybridized carbons (Fsp3) is 0.333. The van der Waals surface area contributed by atoms with Crippen molar-refractivity contribution in [2.45, 2.75) is 32.7 Å². The Bertz CT molecular complexity index is 493. The zero-order chi connectivity index (χ0) is 14.2. The van der Waals surface area contributed by atoms with E-state index in [9.17, 15) is 0 Å². The van der Waals surface area contributed by atoms with Crippen LogP contribution in [0.5, 0.6) is 11.5 Å². The maximum absolute atomic E-state index is 5.81. The summed E-state index contributed by atoms with van der Waals surface area (Å²) < 4.78 is 5.81. The number of benzene rings is 2. The molecule has 2 heteroatoms. The van der Waals surface area contributed by atoms with E-state index in [2.05, 4.69) is 31.3 Å². The zero-order valence-electron chi connectivity index (χ0n) is 12.3. The van der Waals surface area contributed by atoms with Crippen molar-refractivity contribution in [3.8, 4) is 11.5 Å². The minimum atomic E-state index is 0.431. The minimum absolute atomic E-state index is 0.431. The highest BCUT2D eigenvalue weighted by Gasteiger charge is 2.08. The molecule has 0 saturated carbocycles. The first-order chi connectivity index (χ1) is 9.83. The lowest BCUT2D eigenvalue weighted by molar-refractivity contribution is 0.480. The Morgan fingerprint density at radius 2 is 1.55 bits per heavy atom. The average Bonchev–Trinajstić information content (AvgIpc) is 2.50. The molecule has 0 bridgehead atoms. The lowest BCUT2D eigenvalue weighted by Gasteiger charge is -2.17. The van der Waals surface area contributed by atoms with E-state index >= 15 is 0 Å². The molecular formula is C18H23NO. The molecule has 2 aromatic carbocycles. The second-order valence-corrected chi connectivity index (χ2v) is 4.90. The first-order valence-corrected chi connectivity index (χ1v) is 7.39. The number of hydrogen-bond donors (Lipinski definition) is 1. The molecule has 0 amide bonds. The van der Waals surface area contributed by atoms with E-state index in [1.54, 1.807) is 0 Å². The van der Waals surface area contributed by atoms with Crippen molar-refractivity contribution >= 4 is 0 Å². The van der Waals surface area contributed by atoms with Crippen molar-refractivity contribution in [3.63, 3.8) is 0 Å². The van der Waals surface area contributed by atoms with Crippen LogP contribution in [0.15, 0.2) is 54.6 Å². The largest absolute Gasteiger partial charge is 0.457 e. The maximum atomic E-state index is 5.81. The van der Waals surface area contributed by atoms with Crippen LogP contribution in [0, 0.1) is 0 Å². The van der Waals surface area contributed by atoms with Gasteiger partial charge in [-0.3, -0.25) is 0 Å². The predicted molar refractivity (Wildman–Crippen MR) is 84.3 cm³/mol. The molecule has 0 aliphatic carbocycles. The third kappa shape index (κ3) is 4.10. The number of ether oxygens (including phenoxy) is 1. The van der Waals surface area contributed by atoms with Gasteiger partial charge in [-0.1, -0.05) is 44.2 Å². The normalized spacial score (nSPS) is 12.1. The summed E-state index contributed by atoms with van der Waals surface area (Å²) in [5, 5.41) is 3.56. The number of hydrogen-bond acceptors (Lipinski definition) is 2. The van der Waals surface area contributed by atoms with E-state index in [1.807, 2.05) is 42.5 Å². The molecule has 2 aromatic rings. The molecule has 0 fully saturated rings. The van der Waals surface area contributed by atoms with Gasteiger partial charge in [-0.05, 0) is 49.2 Å². The molecule has 1 unspecified atom stereocenters. The van der Waals surface area contributed by atoms with Crippen molar-refractivity contribution < 1.29 is 4.74 Å². The summed E-state index contributed by atoms with van der Waals surface area (Å²) in [7, 11) is 0. The summed E-state index contributed by atoms with van der Waals surface area (Å²) in [4.78, 5) is 0. The lowest BCUT2D eigenvalue weighted by atomic mass is 10.0. The number of nitrogens with one attached hydrogen (secondary N) is 1. The van der Waals surface area contributed by atoms with Crippen LogP contribution in [0.25, 0.3) is 0 Å². The molecule has 2 rings (SSSR count). The maximum Gasteiger partial charge on any atom is 0.127 e. The van der Waals surface area contributed by atoms with Crippen LogP contribution >= 0.6 is 0 Å². The van der Waals surface area contributed by atoms with Crippen molar-refractivity contribution in [3.05, 3.63) is 60.2 Å². The van der Waals surface area contributed by atoms with Crippen molar-refractivity contribution in [1.82, 2.24) is 5.32 Å². The zero-order valence-corrected chi connectivity index (χ0v) is 12.3. The molecule has 1 N–H and O–H groups in total. The van der Waals surface area contributed by atoms with Crippen molar-refractivity contribution in [1.29, 1.82) is 0 Å². The SMILES string of the molecule is CCCNC(CC)c1ccc(Oc2ccccc2)cc1. The van der Waals surface area contributed by atoms with E-state index in [-0.39, 0.29) is 0 Å². The number of rotatable bonds is 7. The van der Waals surface area contributed by atoms with Gasteiger partial charge >= 0.3 is 0 Å². The fourth-order valence-corrected chi connectivity index (χ4v) is 2.21. The molecule has 0 saturated heterocycles. The van der Waals surface area contributed by atoms with Crippen LogP contribution in [-0.4, -0.2) is 6.54 Å². The highest BCUT2D eigenvalue weighted by Crippen LogP contribution is 2.24. The molecule has 0 spiro atoms. The molecule has 0 radical (unpaired) electrons. The lowest BCUT2D eigenvalue weighted by Crippen LogP contribution is -2.21. The van der Waals surface area contributed by atoms with E-state index in [1.165, 1.54) is 5.56 Å². The molecule has 2 nitrogen and oxygen atoms in total. The Morgan fingerprint density at radius 1 is 0.900 bits per heavy atom. The van der Waals surface area contributed by atoms with Crippen molar-refractivity contribution in [2.24, 2.45) is 0 Å². The van der Waals surface area contributed by atoms with Crippen LogP contribution in [-0.2, 0) is 0 Å². The fourth-order valence-electron chi connectivity index (χ4n) is 2.21. The second-order valence-electron chi connectivity index (χ2n) is 4.90.